The highest BCUT2D eigenvalue weighted by Crippen LogP contribution is 2.06. The molecule has 0 spiro atoms. The largest absolute Gasteiger partial charge is 0.499 e. The van der Waals surface area contributed by atoms with Crippen LogP contribution in [-0.2, 0) is 4.74 Å². The second-order valence-corrected chi connectivity index (χ2v) is 1.77. The zero-order chi connectivity index (χ0) is 7.28. The number of rotatable bonds is 3. The molecule has 0 aliphatic heterocycles. The van der Waals surface area contributed by atoms with Crippen molar-refractivity contribution in [2.24, 2.45) is 4.99 Å². The Morgan fingerprint density at radius 3 is 2.44 bits per heavy atom. The smallest absolute Gasteiger partial charge is 0.115 e. The first-order valence-corrected chi connectivity index (χ1v) is 3.06. The minimum atomic E-state index is 0.350. The van der Waals surface area contributed by atoms with Crippen molar-refractivity contribution >= 4 is 18.3 Å². The van der Waals surface area contributed by atoms with Crippen molar-refractivity contribution in [3.05, 3.63) is 11.5 Å². The van der Waals surface area contributed by atoms with Crippen molar-refractivity contribution in [1.82, 2.24) is 0 Å². The van der Waals surface area contributed by atoms with E-state index in [0.717, 1.165) is 5.76 Å². The summed E-state index contributed by atoms with van der Waals surface area (Å²) in [6.45, 7) is 5.13. The van der Waals surface area contributed by atoms with Crippen LogP contribution in [0.15, 0.2) is 16.4 Å². The van der Waals surface area contributed by atoms with Gasteiger partial charge in [0.2, 0.25) is 0 Å². The van der Waals surface area contributed by atoms with Crippen LogP contribution >= 0.6 is 11.6 Å². The summed E-state index contributed by atoms with van der Waals surface area (Å²) in [6.07, 6.45) is 0. The molecular weight excluding hydrogens is 138 g/mol. The molecule has 0 aromatic rings. The van der Waals surface area contributed by atoms with Crippen molar-refractivity contribution < 1.29 is 4.74 Å². The van der Waals surface area contributed by atoms with Crippen LogP contribution in [0.1, 0.15) is 6.92 Å². The second-order valence-electron chi connectivity index (χ2n) is 1.50. The zero-order valence-electron chi connectivity index (χ0n) is 5.65. The van der Waals surface area contributed by atoms with E-state index in [4.69, 9.17) is 16.3 Å². The van der Waals surface area contributed by atoms with E-state index >= 15 is 0 Å². The summed E-state index contributed by atoms with van der Waals surface area (Å²) in [7, 11) is 1.58. The molecule has 0 fully saturated rings. The molecule has 0 radical (unpaired) electrons. The van der Waals surface area contributed by atoms with E-state index in [9.17, 15) is 0 Å². The Morgan fingerprint density at radius 2 is 2.33 bits per heavy atom. The first kappa shape index (κ1) is 8.50. The van der Waals surface area contributed by atoms with Gasteiger partial charge in [-0.3, -0.25) is 4.99 Å². The van der Waals surface area contributed by atoms with Gasteiger partial charge in [0.1, 0.15) is 5.76 Å². The predicted octanol–water partition coefficient (Wildman–Crippen LogP) is 1.80. The molecule has 0 atom stereocenters. The number of allylic oxidation sites excluding steroid dienone is 2. The summed E-state index contributed by atoms with van der Waals surface area (Å²) in [6, 6.07) is 0. The van der Waals surface area contributed by atoms with Crippen LogP contribution in [0.4, 0.5) is 0 Å². The number of methoxy groups -OCH3 is 1. The first-order valence-electron chi connectivity index (χ1n) is 2.52. The van der Waals surface area contributed by atoms with Crippen LogP contribution in [0.25, 0.3) is 0 Å². The summed E-state index contributed by atoms with van der Waals surface area (Å²) in [4.78, 5) is 3.65. The Morgan fingerprint density at radius 1 is 1.78 bits per heavy atom. The van der Waals surface area contributed by atoms with E-state index < -0.39 is 0 Å². The van der Waals surface area contributed by atoms with E-state index in [2.05, 4.69) is 11.7 Å². The van der Waals surface area contributed by atoms with Gasteiger partial charge in [-0.2, -0.15) is 0 Å². The van der Waals surface area contributed by atoms with Crippen LogP contribution < -0.4 is 0 Å². The standard InChI is InChI=1S/C6H10ClNO/c1-5(9-3)6(4-7)8-2/h2,4H2,1,3H3/b6-5-. The number of halogens is 1. The maximum Gasteiger partial charge on any atom is 0.115 e. The maximum atomic E-state index is 5.47. The van der Waals surface area contributed by atoms with Gasteiger partial charge in [0.25, 0.3) is 0 Å². The highest BCUT2D eigenvalue weighted by Gasteiger charge is 1.95. The Hall–Kier alpha value is -0.500. The Kier molecular flexibility index (Phi) is 4.14. The molecule has 0 aliphatic carbocycles. The molecule has 0 aliphatic rings. The van der Waals surface area contributed by atoms with Gasteiger partial charge in [-0.25, -0.2) is 0 Å². The van der Waals surface area contributed by atoms with Crippen molar-refractivity contribution in [3.8, 4) is 0 Å². The highest BCUT2D eigenvalue weighted by atomic mass is 35.5. The van der Waals surface area contributed by atoms with Crippen molar-refractivity contribution in [3.63, 3.8) is 0 Å². The fraction of sp³-hybridized carbons (Fsp3) is 0.500. The van der Waals surface area contributed by atoms with Gasteiger partial charge in [-0.1, -0.05) is 0 Å². The summed E-state index contributed by atoms with van der Waals surface area (Å²) >= 11 is 5.47. The average molecular weight is 148 g/mol. The van der Waals surface area contributed by atoms with Crippen LogP contribution in [0.2, 0.25) is 0 Å². The molecule has 0 bridgehead atoms. The number of hydrogen-bond acceptors (Lipinski definition) is 2. The minimum Gasteiger partial charge on any atom is -0.499 e. The number of ether oxygens (including phenoxy) is 1. The molecule has 52 valence electrons. The van der Waals surface area contributed by atoms with E-state index in [1.165, 1.54) is 0 Å². The Labute approximate surface area is 60.2 Å². The van der Waals surface area contributed by atoms with Crippen molar-refractivity contribution in [2.75, 3.05) is 13.0 Å². The highest BCUT2D eigenvalue weighted by molar-refractivity contribution is 6.19. The third-order valence-electron chi connectivity index (χ3n) is 1.03. The monoisotopic (exact) mass is 147 g/mol. The van der Waals surface area contributed by atoms with Crippen molar-refractivity contribution in [2.45, 2.75) is 6.92 Å². The normalized spacial score (nSPS) is 12.3. The SMILES string of the molecule is C=N/C(CCl)=C(/C)OC. The lowest BCUT2D eigenvalue weighted by Crippen LogP contribution is -1.88. The fourth-order valence-corrected chi connectivity index (χ4v) is 0.638. The first-order chi connectivity index (χ1) is 4.26. The molecule has 0 N–H and O–H groups in total. The lowest BCUT2D eigenvalue weighted by Gasteiger charge is -2.00. The molecule has 3 heteroatoms. The molecule has 0 rings (SSSR count). The molecular formula is C6H10ClNO. The Balaban J connectivity index is 4.18. The molecule has 0 aromatic carbocycles. The summed E-state index contributed by atoms with van der Waals surface area (Å²) in [5.74, 6) is 1.07. The van der Waals surface area contributed by atoms with E-state index in [-0.39, 0.29) is 0 Å². The fourth-order valence-electron chi connectivity index (χ4n) is 0.365. The van der Waals surface area contributed by atoms with Gasteiger partial charge < -0.3 is 4.74 Å². The van der Waals surface area contributed by atoms with E-state index in [1.54, 1.807) is 14.0 Å². The Bertz CT molecular complexity index is 131. The van der Waals surface area contributed by atoms with Gasteiger partial charge in [0.05, 0.1) is 18.7 Å². The van der Waals surface area contributed by atoms with E-state index in [1.807, 2.05) is 0 Å². The van der Waals surface area contributed by atoms with Crippen LogP contribution in [-0.4, -0.2) is 19.7 Å². The average Bonchev–Trinajstić information content (AvgIpc) is 1.90. The number of nitrogens with zero attached hydrogens (tertiary/aromatic N) is 1. The molecule has 0 heterocycles. The molecule has 0 saturated carbocycles. The van der Waals surface area contributed by atoms with Crippen LogP contribution in [0.3, 0.4) is 0 Å². The summed E-state index contributed by atoms with van der Waals surface area (Å²) < 4.78 is 4.86. The third-order valence-corrected chi connectivity index (χ3v) is 1.28. The van der Waals surface area contributed by atoms with E-state index in [0.29, 0.717) is 11.6 Å². The number of aliphatic imine (C=N–C) groups is 1. The lowest BCUT2D eigenvalue weighted by molar-refractivity contribution is 0.289. The van der Waals surface area contributed by atoms with Crippen LogP contribution in [0.5, 0.6) is 0 Å². The number of hydrogen-bond donors (Lipinski definition) is 0. The zero-order valence-corrected chi connectivity index (χ0v) is 6.40. The van der Waals surface area contributed by atoms with Gasteiger partial charge in [0, 0.05) is 0 Å². The topological polar surface area (TPSA) is 21.6 Å². The van der Waals surface area contributed by atoms with Gasteiger partial charge >= 0.3 is 0 Å². The molecule has 0 amide bonds. The molecule has 2 nitrogen and oxygen atoms in total. The quantitative estimate of drug-likeness (QED) is 0.339. The lowest BCUT2D eigenvalue weighted by atomic mass is 10.4. The molecule has 9 heavy (non-hydrogen) atoms. The molecule has 0 unspecified atom stereocenters. The third kappa shape index (κ3) is 2.51. The van der Waals surface area contributed by atoms with Crippen molar-refractivity contribution in [1.29, 1.82) is 0 Å². The van der Waals surface area contributed by atoms with Gasteiger partial charge in [0.15, 0.2) is 0 Å². The maximum absolute atomic E-state index is 5.47. The summed E-state index contributed by atoms with van der Waals surface area (Å²) in [5.41, 5.74) is 0.694. The number of alkyl halides is 1. The minimum absolute atomic E-state index is 0.350. The van der Waals surface area contributed by atoms with Gasteiger partial charge in [-0.15, -0.1) is 11.6 Å². The van der Waals surface area contributed by atoms with Gasteiger partial charge in [-0.05, 0) is 13.6 Å². The molecule has 0 saturated heterocycles. The predicted molar refractivity (Wildman–Crippen MR) is 40.0 cm³/mol. The second kappa shape index (κ2) is 4.39. The van der Waals surface area contributed by atoms with Crippen LogP contribution in [0, 0.1) is 0 Å². The molecule has 0 aromatic heterocycles. The summed E-state index contributed by atoms with van der Waals surface area (Å²) in [5, 5.41) is 0.